The van der Waals surface area contributed by atoms with Crippen LogP contribution >= 0.6 is 0 Å². The van der Waals surface area contributed by atoms with E-state index in [1.807, 2.05) is 32.9 Å². The van der Waals surface area contributed by atoms with Gasteiger partial charge in [-0.25, -0.2) is 0 Å². The normalized spacial score (nSPS) is 18.6. The van der Waals surface area contributed by atoms with Crippen molar-refractivity contribution in [2.24, 2.45) is 11.8 Å². The zero-order valence-electron chi connectivity index (χ0n) is 15.7. The molecule has 4 atom stereocenters. The van der Waals surface area contributed by atoms with Gasteiger partial charge in [-0.2, -0.15) is 0 Å². The van der Waals surface area contributed by atoms with Gasteiger partial charge in [0.1, 0.15) is 0 Å². The van der Waals surface area contributed by atoms with Crippen LogP contribution in [-0.4, -0.2) is 53.9 Å². The van der Waals surface area contributed by atoms with Crippen molar-refractivity contribution in [1.29, 1.82) is 0 Å². The molecule has 5 heteroatoms. The molecule has 0 aliphatic carbocycles. The molecule has 0 spiro atoms. The van der Waals surface area contributed by atoms with Gasteiger partial charge in [0.05, 0.1) is 7.11 Å². The van der Waals surface area contributed by atoms with E-state index in [4.69, 9.17) is 0 Å². The standard InChI is InChI=1S/C15H25O4.3CH3.Sn/c1-6-13(16)12(4)15(18)11(3)10(2)8-7-9-14(17)19-5;;;;/h1,6,8,11-13,15-16,18H,7,9H2,2-5H3;3*1H3;/b6-1?,10-8+;;;;/t11-,12-,13+,15+;;;;/m0..../s1. The van der Waals surface area contributed by atoms with E-state index in [9.17, 15) is 15.0 Å². The number of allylic oxidation sites excluding steroid dienone is 1. The van der Waals surface area contributed by atoms with Crippen LogP contribution in [0.25, 0.3) is 0 Å². The second kappa shape index (κ2) is 10.5. The van der Waals surface area contributed by atoms with Crippen LogP contribution in [0.5, 0.6) is 0 Å². The molecular weight excluding hydrogens is 399 g/mol. The van der Waals surface area contributed by atoms with Crippen molar-refractivity contribution >= 4 is 24.3 Å². The molecule has 0 unspecified atom stereocenters. The number of aliphatic hydroxyl groups is 2. The molecule has 0 saturated carbocycles. The van der Waals surface area contributed by atoms with Gasteiger partial charge in [-0.15, -0.1) is 0 Å². The van der Waals surface area contributed by atoms with Crippen LogP contribution in [-0.2, 0) is 9.53 Å². The summed E-state index contributed by atoms with van der Waals surface area (Å²) in [5.41, 5.74) is 1.03. The van der Waals surface area contributed by atoms with Crippen LogP contribution in [0, 0.1) is 11.8 Å². The summed E-state index contributed by atoms with van der Waals surface area (Å²) >= 11 is -2.06. The Morgan fingerprint density at radius 2 is 1.78 bits per heavy atom. The predicted octanol–water partition coefficient (Wildman–Crippen LogP) is 3.31. The number of carbonyl (C=O) groups is 1. The van der Waals surface area contributed by atoms with E-state index < -0.39 is 30.6 Å². The Morgan fingerprint density at radius 3 is 2.26 bits per heavy atom. The van der Waals surface area contributed by atoms with E-state index in [1.165, 1.54) is 7.11 Å². The maximum absolute atomic E-state index is 11.1. The molecule has 0 aliphatic rings. The first-order valence-electron chi connectivity index (χ1n) is 8.28. The van der Waals surface area contributed by atoms with Gasteiger partial charge in [0.25, 0.3) is 0 Å². The summed E-state index contributed by atoms with van der Waals surface area (Å²) in [6.45, 7) is 5.77. The molecule has 134 valence electrons. The van der Waals surface area contributed by atoms with Crippen LogP contribution in [0.15, 0.2) is 21.8 Å². The molecule has 0 aromatic rings. The SMILES string of the molecule is COC(=O)CC/C=C(\C)[C@H](C)[C@@H](O)[C@@H](C)[C@H](O)/C=[CH]\[Sn]([CH3])([CH3])[CH3]. The van der Waals surface area contributed by atoms with Gasteiger partial charge in [0.2, 0.25) is 0 Å². The topological polar surface area (TPSA) is 66.8 Å². The Bertz CT molecular complexity index is 423. The third-order valence-electron chi connectivity index (χ3n) is 4.14. The summed E-state index contributed by atoms with van der Waals surface area (Å²) in [5.74, 6) is -0.535. The number of ether oxygens (including phenoxy) is 1. The van der Waals surface area contributed by atoms with Crippen molar-refractivity contribution in [1.82, 2.24) is 0 Å². The molecule has 0 rings (SSSR count). The van der Waals surface area contributed by atoms with E-state index in [0.29, 0.717) is 12.8 Å². The van der Waals surface area contributed by atoms with Crippen LogP contribution in [0.1, 0.15) is 33.6 Å². The van der Waals surface area contributed by atoms with E-state index in [2.05, 4.69) is 23.6 Å². The molecule has 23 heavy (non-hydrogen) atoms. The second-order valence-electron chi connectivity index (χ2n) is 7.42. The number of aliphatic hydroxyl groups excluding tert-OH is 2. The fourth-order valence-electron chi connectivity index (χ4n) is 2.19. The van der Waals surface area contributed by atoms with Gasteiger partial charge in [-0.1, -0.05) is 0 Å². The van der Waals surface area contributed by atoms with E-state index in [-0.39, 0.29) is 17.8 Å². The van der Waals surface area contributed by atoms with Gasteiger partial charge in [0, 0.05) is 0 Å². The van der Waals surface area contributed by atoms with Gasteiger partial charge in [-0.05, 0) is 0 Å². The molecule has 0 aromatic heterocycles. The van der Waals surface area contributed by atoms with E-state index in [1.54, 1.807) is 0 Å². The minimum atomic E-state index is -2.06. The fourth-order valence-corrected chi connectivity index (χ4v) is 4.41. The molecular formula is C18H34O4Sn. The number of hydrogen-bond donors (Lipinski definition) is 2. The molecule has 0 amide bonds. The van der Waals surface area contributed by atoms with Crippen molar-refractivity contribution in [2.75, 3.05) is 7.11 Å². The fraction of sp³-hybridized carbons (Fsp3) is 0.722. The van der Waals surface area contributed by atoms with Gasteiger partial charge < -0.3 is 0 Å². The minimum absolute atomic E-state index is 0.0659. The average Bonchev–Trinajstić information content (AvgIpc) is 2.49. The van der Waals surface area contributed by atoms with Gasteiger partial charge >= 0.3 is 138 Å². The molecule has 0 fully saturated rings. The van der Waals surface area contributed by atoms with Crippen LogP contribution in [0.3, 0.4) is 0 Å². The Balaban J connectivity index is 4.67. The van der Waals surface area contributed by atoms with Crippen molar-refractivity contribution in [3.63, 3.8) is 0 Å². The first-order chi connectivity index (χ1) is 10.5. The monoisotopic (exact) mass is 434 g/mol. The second-order valence-corrected chi connectivity index (χ2v) is 21.9. The third-order valence-corrected chi connectivity index (χ3v) is 7.55. The van der Waals surface area contributed by atoms with Crippen molar-refractivity contribution < 1.29 is 19.7 Å². The first-order valence-corrected chi connectivity index (χ1v) is 18.5. The van der Waals surface area contributed by atoms with Crippen LogP contribution in [0.2, 0.25) is 14.8 Å². The Morgan fingerprint density at radius 1 is 1.22 bits per heavy atom. The summed E-state index contributed by atoms with van der Waals surface area (Å²) in [7, 11) is 1.38. The third kappa shape index (κ3) is 9.52. The summed E-state index contributed by atoms with van der Waals surface area (Å²) < 4.78 is 6.78. The molecule has 0 aliphatic heterocycles. The van der Waals surface area contributed by atoms with Crippen molar-refractivity contribution in [2.45, 2.75) is 60.6 Å². The van der Waals surface area contributed by atoms with Gasteiger partial charge in [0.15, 0.2) is 0 Å². The Kier molecular flexibility index (Phi) is 10.4. The molecule has 0 aromatic carbocycles. The Labute approximate surface area is 145 Å². The summed E-state index contributed by atoms with van der Waals surface area (Å²) in [5, 5.41) is 20.8. The summed E-state index contributed by atoms with van der Waals surface area (Å²) in [4.78, 5) is 17.9. The summed E-state index contributed by atoms with van der Waals surface area (Å²) in [6, 6.07) is 0. The van der Waals surface area contributed by atoms with Crippen molar-refractivity contribution in [3.05, 3.63) is 21.8 Å². The number of rotatable bonds is 9. The molecule has 4 nitrogen and oxygen atoms in total. The number of carbonyl (C=O) groups excluding carboxylic acids is 1. The predicted molar refractivity (Wildman–Crippen MR) is 97.8 cm³/mol. The van der Waals surface area contributed by atoms with Crippen molar-refractivity contribution in [3.8, 4) is 0 Å². The summed E-state index contributed by atoms with van der Waals surface area (Å²) in [6.07, 6.45) is 3.50. The van der Waals surface area contributed by atoms with E-state index >= 15 is 0 Å². The van der Waals surface area contributed by atoms with E-state index in [0.717, 1.165) is 5.57 Å². The number of esters is 1. The number of hydrogen-bond acceptors (Lipinski definition) is 4. The van der Waals surface area contributed by atoms with Crippen LogP contribution < -0.4 is 0 Å². The molecule has 0 bridgehead atoms. The molecule has 2 N–H and O–H groups in total. The zero-order chi connectivity index (χ0) is 18.2. The number of methoxy groups -OCH3 is 1. The Hall–Kier alpha value is -0.331. The van der Waals surface area contributed by atoms with Gasteiger partial charge in [-0.3, -0.25) is 0 Å². The maximum atomic E-state index is 11.1. The van der Waals surface area contributed by atoms with Crippen LogP contribution in [0.4, 0.5) is 0 Å². The quantitative estimate of drug-likeness (QED) is 0.333. The first kappa shape index (κ1) is 22.7. The molecule has 0 saturated heterocycles. The zero-order valence-corrected chi connectivity index (χ0v) is 18.5. The molecule has 0 radical (unpaired) electrons. The average molecular weight is 433 g/mol. The molecule has 0 heterocycles.